The van der Waals surface area contributed by atoms with Crippen LogP contribution >= 0.6 is 15.9 Å². The average molecular weight is 408 g/mol. The first-order valence-electron chi connectivity index (χ1n) is 7.25. The lowest BCUT2D eigenvalue weighted by atomic mass is 9.98. The lowest BCUT2D eigenvalue weighted by Gasteiger charge is -2.21. The first kappa shape index (κ1) is 18.6. The van der Waals surface area contributed by atoms with E-state index < -0.39 is 16.1 Å². The quantitative estimate of drug-likeness (QED) is 0.737. The van der Waals surface area contributed by atoms with Crippen molar-refractivity contribution in [2.45, 2.75) is 24.8 Å². The predicted molar refractivity (Wildman–Crippen MR) is 98.2 cm³/mol. The van der Waals surface area contributed by atoms with Gasteiger partial charge in [-0.05, 0) is 37.6 Å². The number of carbonyl (C=O) groups excluding carboxylic acids is 1. The second kappa shape index (κ2) is 7.42. The molecule has 4 nitrogen and oxygen atoms in total. The van der Waals surface area contributed by atoms with Gasteiger partial charge in [0, 0.05) is 10.0 Å². The number of sulfonamides is 1. The summed E-state index contributed by atoms with van der Waals surface area (Å²) in [5.74, 6) is -0.276. The van der Waals surface area contributed by atoms with Gasteiger partial charge in [0.05, 0.1) is 10.9 Å². The molecule has 0 spiro atoms. The molecular weight excluding hydrogens is 390 g/mol. The van der Waals surface area contributed by atoms with Gasteiger partial charge in [-0.1, -0.05) is 58.4 Å². The molecule has 2 rings (SSSR count). The summed E-state index contributed by atoms with van der Waals surface area (Å²) < 4.78 is 28.7. The molecule has 0 radical (unpaired) electrons. The van der Waals surface area contributed by atoms with Crippen LogP contribution in [0.4, 0.5) is 0 Å². The van der Waals surface area contributed by atoms with Gasteiger partial charge in [-0.15, -0.1) is 0 Å². The summed E-state index contributed by atoms with van der Waals surface area (Å²) in [5.41, 5.74) is 1.77. The van der Waals surface area contributed by atoms with Gasteiger partial charge in [-0.3, -0.25) is 4.79 Å². The molecule has 0 aliphatic heterocycles. The number of benzene rings is 2. The summed E-state index contributed by atoms with van der Waals surface area (Å²) >= 11 is 3.40. The first-order valence-corrected chi connectivity index (χ1v) is 9.53. The van der Waals surface area contributed by atoms with Crippen molar-refractivity contribution in [1.82, 2.24) is 4.72 Å². The summed E-state index contributed by atoms with van der Waals surface area (Å²) in [6, 6.07) is 12.8. The number of hydrogen-bond donors (Lipinski definition) is 1. The van der Waals surface area contributed by atoms with Crippen LogP contribution in [0.5, 0.6) is 0 Å². The van der Waals surface area contributed by atoms with Crippen LogP contribution in [0.15, 0.2) is 70.1 Å². The standard InChI is InChI=1S/C18H18BrNO3S/c1-12-8-10-15(11-9-12)24(22,23)20-18(13(2)14(3)21)16-6-4-5-7-17(16)19/h4-11,18,20H,2H2,1,3H3/t18-/m0/s1. The number of rotatable bonds is 6. The van der Waals surface area contributed by atoms with E-state index in [-0.39, 0.29) is 16.3 Å². The zero-order valence-electron chi connectivity index (χ0n) is 13.4. The van der Waals surface area contributed by atoms with E-state index in [4.69, 9.17) is 0 Å². The number of halogens is 1. The summed E-state index contributed by atoms with van der Waals surface area (Å²) in [7, 11) is -3.80. The minimum absolute atomic E-state index is 0.140. The van der Waals surface area contributed by atoms with Crippen LogP contribution in [0.25, 0.3) is 0 Å². The zero-order valence-corrected chi connectivity index (χ0v) is 15.8. The maximum atomic E-state index is 12.7. The normalized spacial score (nSPS) is 12.6. The molecule has 126 valence electrons. The molecule has 0 unspecified atom stereocenters. The lowest BCUT2D eigenvalue weighted by Crippen LogP contribution is -2.31. The molecule has 0 heterocycles. The fourth-order valence-electron chi connectivity index (χ4n) is 2.18. The molecule has 1 atom stereocenters. The molecule has 0 amide bonds. The third-order valence-electron chi connectivity index (χ3n) is 3.62. The molecule has 2 aromatic rings. The van der Waals surface area contributed by atoms with E-state index >= 15 is 0 Å². The molecule has 6 heteroatoms. The van der Waals surface area contributed by atoms with E-state index in [9.17, 15) is 13.2 Å². The maximum absolute atomic E-state index is 12.7. The minimum atomic E-state index is -3.80. The number of nitrogens with one attached hydrogen (secondary N) is 1. The topological polar surface area (TPSA) is 63.2 Å². The van der Waals surface area contributed by atoms with Crippen LogP contribution in [0.2, 0.25) is 0 Å². The number of Topliss-reactive ketones (excluding diaryl/α,β-unsaturated/α-hetero) is 1. The van der Waals surface area contributed by atoms with Crippen LogP contribution in [-0.4, -0.2) is 14.2 Å². The molecule has 0 saturated carbocycles. The third-order valence-corrected chi connectivity index (χ3v) is 5.78. The van der Waals surface area contributed by atoms with Crippen LogP contribution < -0.4 is 4.72 Å². The fourth-order valence-corrected chi connectivity index (χ4v) is 3.90. The Morgan fingerprint density at radius 1 is 1.12 bits per heavy atom. The van der Waals surface area contributed by atoms with Gasteiger partial charge in [0.15, 0.2) is 5.78 Å². The number of aryl methyl sites for hydroxylation is 1. The van der Waals surface area contributed by atoms with E-state index in [0.29, 0.717) is 10.0 Å². The molecule has 0 aliphatic carbocycles. The smallest absolute Gasteiger partial charge is 0.241 e. The van der Waals surface area contributed by atoms with Gasteiger partial charge < -0.3 is 0 Å². The highest BCUT2D eigenvalue weighted by molar-refractivity contribution is 9.10. The molecule has 0 aromatic heterocycles. The van der Waals surface area contributed by atoms with Crippen LogP contribution in [0.3, 0.4) is 0 Å². The van der Waals surface area contributed by atoms with Crippen molar-refractivity contribution in [2.75, 3.05) is 0 Å². The zero-order chi connectivity index (χ0) is 17.9. The fraction of sp³-hybridized carbons (Fsp3) is 0.167. The lowest BCUT2D eigenvalue weighted by molar-refractivity contribution is -0.113. The van der Waals surface area contributed by atoms with E-state index in [1.165, 1.54) is 19.1 Å². The minimum Gasteiger partial charge on any atom is -0.295 e. The Balaban J connectivity index is 2.45. The number of ketones is 1. The highest BCUT2D eigenvalue weighted by Gasteiger charge is 2.26. The van der Waals surface area contributed by atoms with Crippen LogP contribution in [-0.2, 0) is 14.8 Å². The largest absolute Gasteiger partial charge is 0.295 e. The second-order valence-corrected chi connectivity index (χ2v) is 8.04. The molecule has 0 fully saturated rings. The molecule has 24 heavy (non-hydrogen) atoms. The van der Waals surface area contributed by atoms with Gasteiger partial charge in [0.2, 0.25) is 10.0 Å². The van der Waals surface area contributed by atoms with Gasteiger partial charge in [-0.25, -0.2) is 8.42 Å². The van der Waals surface area contributed by atoms with Crippen molar-refractivity contribution in [1.29, 1.82) is 0 Å². The average Bonchev–Trinajstić information content (AvgIpc) is 2.53. The van der Waals surface area contributed by atoms with E-state index in [2.05, 4.69) is 27.2 Å². The van der Waals surface area contributed by atoms with E-state index in [0.717, 1.165) is 5.56 Å². The van der Waals surface area contributed by atoms with Crippen molar-refractivity contribution in [3.63, 3.8) is 0 Å². The summed E-state index contributed by atoms with van der Waals surface area (Å²) in [4.78, 5) is 11.9. The highest BCUT2D eigenvalue weighted by atomic mass is 79.9. The molecule has 2 aromatic carbocycles. The van der Waals surface area contributed by atoms with Gasteiger partial charge in [0.1, 0.15) is 0 Å². The van der Waals surface area contributed by atoms with Gasteiger partial charge >= 0.3 is 0 Å². The summed E-state index contributed by atoms with van der Waals surface area (Å²) in [5, 5.41) is 0. The molecule has 0 aliphatic rings. The molecular formula is C18H18BrNO3S. The Labute approximate surface area is 150 Å². The Kier molecular flexibility index (Phi) is 5.74. The SMILES string of the molecule is C=C(C(C)=O)[C@H](NS(=O)(=O)c1ccc(C)cc1)c1ccccc1Br. The van der Waals surface area contributed by atoms with E-state index in [1.807, 2.05) is 13.0 Å². The van der Waals surface area contributed by atoms with Crippen LogP contribution in [0.1, 0.15) is 24.1 Å². The highest BCUT2D eigenvalue weighted by Crippen LogP contribution is 2.29. The van der Waals surface area contributed by atoms with Crippen molar-refractivity contribution in [3.05, 3.63) is 76.3 Å². The molecule has 0 saturated heterocycles. The number of carbonyl (C=O) groups is 1. The summed E-state index contributed by atoms with van der Waals surface area (Å²) in [6.07, 6.45) is 0. The van der Waals surface area contributed by atoms with E-state index in [1.54, 1.807) is 30.3 Å². The van der Waals surface area contributed by atoms with Gasteiger partial charge in [0.25, 0.3) is 0 Å². The number of hydrogen-bond acceptors (Lipinski definition) is 3. The maximum Gasteiger partial charge on any atom is 0.241 e. The third kappa shape index (κ3) is 4.20. The van der Waals surface area contributed by atoms with Crippen molar-refractivity contribution in [3.8, 4) is 0 Å². The second-order valence-electron chi connectivity index (χ2n) is 5.47. The van der Waals surface area contributed by atoms with Crippen molar-refractivity contribution >= 4 is 31.7 Å². The Bertz CT molecular complexity index is 873. The predicted octanol–water partition coefficient (Wildman–Crippen LogP) is 3.92. The first-order chi connectivity index (χ1) is 11.2. The Hall–Kier alpha value is -1.76. The monoisotopic (exact) mass is 407 g/mol. The Morgan fingerprint density at radius 2 is 1.71 bits per heavy atom. The Morgan fingerprint density at radius 3 is 2.25 bits per heavy atom. The molecule has 1 N–H and O–H groups in total. The van der Waals surface area contributed by atoms with Crippen molar-refractivity contribution in [2.24, 2.45) is 0 Å². The van der Waals surface area contributed by atoms with Crippen LogP contribution in [0, 0.1) is 6.92 Å². The summed E-state index contributed by atoms with van der Waals surface area (Å²) in [6.45, 7) is 7.01. The molecule has 0 bridgehead atoms. The van der Waals surface area contributed by atoms with Crippen molar-refractivity contribution < 1.29 is 13.2 Å². The van der Waals surface area contributed by atoms with Gasteiger partial charge in [-0.2, -0.15) is 4.72 Å².